The minimum atomic E-state index is 0.516. The Labute approximate surface area is 116 Å². The normalized spacial score (nSPS) is 41.4. The highest BCUT2D eigenvalue weighted by Crippen LogP contribution is 2.47. The molecule has 0 amide bonds. The van der Waals surface area contributed by atoms with Gasteiger partial charge in [0.05, 0.1) is 0 Å². The van der Waals surface area contributed by atoms with Crippen molar-refractivity contribution < 1.29 is 0 Å². The van der Waals surface area contributed by atoms with E-state index in [-0.39, 0.29) is 0 Å². The second-order valence-electron chi connectivity index (χ2n) is 7.49. The minimum absolute atomic E-state index is 0.516. The zero-order chi connectivity index (χ0) is 12.8. The Morgan fingerprint density at radius 1 is 1.05 bits per heavy atom. The van der Waals surface area contributed by atoms with Crippen molar-refractivity contribution in [2.75, 3.05) is 26.3 Å². The maximum Gasteiger partial charge on any atom is 0.0483 e. The molecule has 0 bridgehead atoms. The summed E-state index contributed by atoms with van der Waals surface area (Å²) in [6, 6.07) is 0.827. The molecule has 106 valence electrons. The summed E-state index contributed by atoms with van der Waals surface area (Å²) in [4.78, 5) is 2.73. The van der Waals surface area contributed by atoms with Crippen molar-refractivity contribution in [1.82, 2.24) is 15.5 Å². The van der Waals surface area contributed by atoms with Crippen LogP contribution in [0.5, 0.6) is 0 Å². The summed E-state index contributed by atoms with van der Waals surface area (Å²) >= 11 is 0. The summed E-state index contributed by atoms with van der Waals surface area (Å²) in [6.07, 6.45) is 14.6. The predicted molar refractivity (Wildman–Crippen MR) is 77.7 cm³/mol. The van der Waals surface area contributed by atoms with E-state index in [0.29, 0.717) is 10.8 Å². The van der Waals surface area contributed by atoms with E-state index in [1.54, 1.807) is 0 Å². The lowest BCUT2D eigenvalue weighted by Gasteiger charge is -2.48. The molecule has 4 rings (SSSR count). The van der Waals surface area contributed by atoms with Crippen LogP contribution in [0.1, 0.15) is 44.9 Å². The van der Waals surface area contributed by atoms with Crippen LogP contribution in [0.15, 0.2) is 12.3 Å². The first kappa shape index (κ1) is 12.2. The highest BCUT2D eigenvalue weighted by molar-refractivity contribution is 5.15. The number of hydrogen-bond donors (Lipinski definition) is 2. The van der Waals surface area contributed by atoms with E-state index in [1.165, 1.54) is 64.6 Å². The molecular weight excluding hydrogens is 234 g/mol. The van der Waals surface area contributed by atoms with Crippen molar-refractivity contribution in [2.45, 2.75) is 51.0 Å². The van der Waals surface area contributed by atoms with E-state index >= 15 is 0 Å². The van der Waals surface area contributed by atoms with Crippen molar-refractivity contribution >= 4 is 0 Å². The fourth-order valence-electron chi connectivity index (χ4n) is 4.85. The van der Waals surface area contributed by atoms with Crippen LogP contribution in [0.4, 0.5) is 0 Å². The topological polar surface area (TPSA) is 27.3 Å². The summed E-state index contributed by atoms with van der Waals surface area (Å²) in [5.74, 6) is 0. The summed E-state index contributed by atoms with van der Waals surface area (Å²) in [7, 11) is 0. The van der Waals surface area contributed by atoms with Crippen LogP contribution < -0.4 is 10.6 Å². The fraction of sp³-hybridized carbons (Fsp3) is 0.875. The molecule has 0 aromatic rings. The molecule has 0 aromatic heterocycles. The molecule has 4 aliphatic rings. The lowest BCUT2D eigenvalue weighted by atomic mass is 9.65. The molecule has 2 aliphatic carbocycles. The van der Waals surface area contributed by atoms with Gasteiger partial charge in [-0.3, -0.25) is 4.90 Å². The standard InChI is InChI=1S/C16H27N3/c1-2-4-15(3-1)6-8-19(13-18-11-15)14-9-16(10-14)5-7-17-12-16/h5,7,14,17-18H,1-4,6,8-13H2. The van der Waals surface area contributed by atoms with Crippen molar-refractivity contribution in [3.63, 3.8) is 0 Å². The van der Waals surface area contributed by atoms with E-state index in [4.69, 9.17) is 0 Å². The van der Waals surface area contributed by atoms with Crippen LogP contribution in [0.2, 0.25) is 0 Å². The molecule has 0 unspecified atom stereocenters. The monoisotopic (exact) mass is 261 g/mol. The Morgan fingerprint density at radius 2 is 1.89 bits per heavy atom. The maximum absolute atomic E-state index is 3.75. The van der Waals surface area contributed by atoms with Crippen molar-refractivity contribution in [3.8, 4) is 0 Å². The van der Waals surface area contributed by atoms with Crippen LogP contribution in [0.3, 0.4) is 0 Å². The molecule has 2 saturated carbocycles. The van der Waals surface area contributed by atoms with Gasteiger partial charge >= 0.3 is 0 Å². The number of rotatable bonds is 1. The van der Waals surface area contributed by atoms with Gasteiger partial charge in [0, 0.05) is 37.8 Å². The van der Waals surface area contributed by atoms with Gasteiger partial charge in [0.2, 0.25) is 0 Å². The molecule has 2 N–H and O–H groups in total. The van der Waals surface area contributed by atoms with Crippen molar-refractivity contribution in [2.24, 2.45) is 10.8 Å². The fourth-order valence-corrected chi connectivity index (χ4v) is 4.85. The van der Waals surface area contributed by atoms with Crippen LogP contribution in [-0.2, 0) is 0 Å². The smallest absolute Gasteiger partial charge is 0.0483 e. The van der Waals surface area contributed by atoms with E-state index in [9.17, 15) is 0 Å². The summed E-state index contributed by atoms with van der Waals surface area (Å²) in [5, 5.41) is 7.13. The van der Waals surface area contributed by atoms with E-state index < -0.39 is 0 Å². The van der Waals surface area contributed by atoms with E-state index in [0.717, 1.165) is 12.7 Å². The Morgan fingerprint density at radius 3 is 2.63 bits per heavy atom. The predicted octanol–water partition coefficient (Wildman–Crippen LogP) is 2.07. The van der Waals surface area contributed by atoms with E-state index in [1.807, 2.05) is 0 Å². The number of nitrogens with one attached hydrogen (secondary N) is 2. The highest BCUT2D eigenvalue weighted by atomic mass is 15.3. The van der Waals surface area contributed by atoms with Gasteiger partial charge in [0.25, 0.3) is 0 Å². The van der Waals surface area contributed by atoms with Crippen molar-refractivity contribution in [3.05, 3.63) is 12.3 Å². The summed E-state index contributed by atoms with van der Waals surface area (Å²) < 4.78 is 0. The van der Waals surface area contributed by atoms with Crippen LogP contribution in [0.25, 0.3) is 0 Å². The van der Waals surface area contributed by atoms with Crippen LogP contribution in [-0.4, -0.2) is 37.2 Å². The molecule has 2 aliphatic heterocycles. The average Bonchev–Trinajstić information content (AvgIpc) is 2.96. The minimum Gasteiger partial charge on any atom is -0.390 e. The molecule has 3 nitrogen and oxygen atoms in total. The molecule has 19 heavy (non-hydrogen) atoms. The third-order valence-corrected chi connectivity index (χ3v) is 6.22. The second-order valence-corrected chi connectivity index (χ2v) is 7.49. The lowest BCUT2D eigenvalue weighted by Crippen LogP contribution is -2.53. The molecule has 1 saturated heterocycles. The average molecular weight is 261 g/mol. The van der Waals surface area contributed by atoms with Crippen LogP contribution >= 0.6 is 0 Å². The molecule has 0 radical (unpaired) electrons. The second kappa shape index (κ2) is 4.49. The van der Waals surface area contributed by atoms with Gasteiger partial charge in [-0.15, -0.1) is 0 Å². The molecule has 2 spiro atoms. The quantitative estimate of drug-likeness (QED) is 0.756. The molecule has 3 heteroatoms. The van der Waals surface area contributed by atoms with Gasteiger partial charge in [-0.25, -0.2) is 0 Å². The first-order valence-corrected chi connectivity index (χ1v) is 8.15. The van der Waals surface area contributed by atoms with Gasteiger partial charge in [0.15, 0.2) is 0 Å². The Bertz CT molecular complexity index is 364. The Hall–Kier alpha value is -0.540. The maximum atomic E-state index is 3.75. The van der Waals surface area contributed by atoms with E-state index in [2.05, 4.69) is 27.8 Å². The van der Waals surface area contributed by atoms with Crippen LogP contribution in [0, 0.1) is 10.8 Å². The van der Waals surface area contributed by atoms with Gasteiger partial charge in [-0.1, -0.05) is 18.9 Å². The highest BCUT2D eigenvalue weighted by Gasteiger charge is 2.47. The Balaban J connectivity index is 1.35. The molecular formula is C16H27N3. The number of nitrogens with zero attached hydrogens (tertiary/aromatic N) is 1. The molecule has 2 heterocycles. The van der Waals surface area contributed by atoms with Gasteiger partial charge in [-0.2, -0.15) is 0 Å². The van der Waals surface area contributed by atoms with Crippen molar-refractivity contribution in [1.29, 1.82) is 0 Å². The third kappa shape index (κ3) is 2.11. The first-order chi connectivity index (χ1) is 9.29. The Kier molecular flexibility index (Phi) is 2.89. The zero-order valence-electron chi connectivity index (χ0n) is 12.0. The first-order valence-electron chi connectivity index (χ1n) is 8.15. The third-order valence-electron chi connectivity index (χ3n) is 6.22. The van der Waals surface area contributed by atoms with Gasteiger partial charge in [-0.05, 0) is 43.7 Å². The molecule has 0 atom stereocenters. The largest absolute Gasteiger partial charge is 0.390 e. The lowest BCUT2D eigenvalue weighted by molar-refractivity contribution is 0.0368. The van der Waals surface area contributed by atoms with Gasteiger partial charge in [0.1, 0.15) is 0 Å². The number of hydrogen-bond acceptors (Lipinski definition) is 3. The zero-order valence-corrected chi connectivity index (χ0v) is 12.0. The SMILES string of the molecule is C1=CC2(CN1)CC(N1CCC3(CCCC3)CNC1)C2. The molecule has 0 aromatic carbocycles. The van der Waals surface area contributed by atoms with Gasteiger partial charge < -0.3 is 10.6 Å². The summed E-state index contributed by atoms with van der Waals surface area (Å²) in [6.45, 7) is 4.89. The molecule has 3 fully saturated rings. The summed E-state index contributed by atoms with van der Waals surface area (Å²) in [5.41, 5.74) is 1.17.